The third kappa shape index (κ3) is 2.64. The number of rotatable bonds is 3. The van der Waals surface area contributed by atoms with Crippen LogP contribution >= 0.6 is 0 Å². The van der Waals surface area contributed by atoms with E-state index in [-0.39, 0.29) is 0 Å². The lowest BCUT2D eigenvalue weighted by atomic mass is 9.97. The summed E-state index contributed by atoms with van der Waals surface area (Å²) in [7, 11) is 0. The highest BCUT2D eigenvalue weighted by Gasteiger charge is 2.21. The molecule has 0 amide bonds. The number of hydrogen-bond donors (Lipinski definition) is 1. The van der Waals surface area contributed by atoms with Crippen molar-refractivity contribution in [2.45, 2.75) is 19.8 Å². The van der Waals surface area contributed by atoms with Gasteiger partial charge in [-0.25, -0.2) is 0 Å². The number of aliphatic carboxylic acids is 1. The first-order valence-corrected chi connectivity index (χ1v) is 6.25. The van der Waals surface area contributed by atoms with Gasteiger partial charge in [0.2, 0.25) is 0 Å². The van der Waals surface area contributed by atoms with Gasteiger partial charge >= 0.3 is 5.97 Å². The molecule has 0 aliphatic carbocycles. The molecule has 4 heteroatoms. The number of carbonyl (C=O) groups is 1. The molecule has 1 aliphatic heterocycles. The van der Waals surface area contributed by atoms with Crippen molar-refractivity contribution in [3.05, 3.63) is 29.3 Å². The third-order valence-electron chi connectivity index (χ3n) is 3.37. The minimum absolute atomic E-state index is 0.483. The van der Waals surface area contributed by atoms with Crippen LogP contribution in [-0.4, -0.2) is 37.4 Å². The second kappa shape index (κ2) is 5.40. The normalized spacial score (nSPS) is 17.6. The summed E-state index contributed by atoms with van der Waals surface area (Å²) in [5, 5.41) is 9.18. The van der Waals surface area contributed by atoms with Crippen molar-refractivity contribution in [1.82, 2.24) is 0 Å². The van der Waals surface area contributed by atoms with Crippen molar-refractivity contribution in [1.29, 1.82) is 0 Å². The Kier molecular flexibility index (Phi) is 3.87. The third-order valence-corrected chi connectivity index (χ3v) is 3.37. The second-order valence-corrected chi connectivity index (χ2v) is 4.72. The molecule has 18 heavy (non-hydrogen) atoms. The number of carboxylic acid groups (broad SMARTS) is 1. The molecule has 1 saturated heterocycles. The summed E-state index contributed by atoms with van der Waals surface area (Å²) in [5.74, 6) is -1.27. The van der Waals surface area contributed by atoms with E-state index in [1.54, 1.807) is 6.92 Å². The van der Waals surface area contributed by atoms with Gasteiger partial charge in [-0.05, 0) is 31.0 Å². The quantitative estimate of drug-likeness (QED) is 0.890. The highest BCUT2D eigenvalue weighted by atomic mass is 16.5. The zero-order chi connectivity index (χ0) is 13.1. The highest BCUT2D eigenvalue weighted by Crippen LogP contribution is 2.29. The van der Waals surface area contributed by atoms with E-state index in [4.69, 9.17) is 4.74 Å². The average molecular weight is 249 g/mol. The number of anilines is 1. The first kappa shape index (κ1) is 12.9. The topological polar surface area (TPSA) is 49.8 Å². The first-order valence-electron chi connectivity index (χ1n) is 6.25. The summed E-state index contributed by atoms with van der Waals surface area (Å²) in [4.78, 5) is 13.4. The van der Waals surface area contributed by atoms with Gasteiger partial charge in [0.05, 0.1) is 19.1 Å². The van der Waals surface area contributed by atoms with E-state index in [9.17, 15) is 9.90 Å². The number of hydrogen-bond acceptors (Lipinski definition) is 3. The predicted molar refractivity (Wildman–Crippen MR) is 70.3 cm³/mol. The maximum atomic E-state index is 11.2. The molecule has 1 fully saturated rings. The standard InChI is InChI=1S/C14H19NO3/c1-10-3-4-12(11(2)14(16)17)13(9-10)15-5-7-18-8-6-15/h3-4,9,11H,5-8H2,1-2H3,(H,16,17). The van der Waals surface area contributed by atoms with Gasteiger partial charge in [-0.15, -0.1) is 0 Å². The average Bonchev–Trinajstić information content (AvgIpc) is 2.39. The number of aryl methyl sites for hydroxylation is 1. The second-order valence-electron chi connectivity index (χ2n) is 4.72. The molecule has 0 bridgehead atoms. The van der Waals surface area contributed by atoms with Crippen molar-refractivity contribution < 1.29 is 14.6 Å². The SMILES string of the molecule is Cc1ccc(C(C)C(=O)O)c(N2CCOCC2)c1. The number of morpholine rings is 1. The lowest BCUT2D eigenvalue weighted by Gasteiger charge is -2.31. The Morgan fingerprint density at radius 1 is 1.39 bits per heavy atom. The van der Waals surface area contributed by atoms with E-state index >= 15 is 0 Å². The number of ether oxygens (including phenoxy) is 1. The van der Waals surface area contributed by atoms with Gasteiger partial charge in [0.15, 0.2) is 0 Å². The monoisotopic (exact) mass is 249 g/mol. The molecule has 2 rings (SSSR count). The summed E-state index contributed by atoms with van der Waals surface area (Å²) in [5.41, 5.74) is 3.07. The zero-order valence-corrected chi connectivity index (χ0v) is 10.8. The van der Waals surface area contributed by atoms with E-state index in [0.717, 1.165) is 29.9 Å². The first-order chi connectivity index (χ1) is 8.59. The van der Waals surface area contributed by atoms with Crippen LogP contribution < -0.4 is 4.90 Å². The number of nitrogens with zero attached hydrogens (tertiary/aromatic N) is 1. The Bertz CT molecular complexity index is 439. The molecule has 0 saturated carbocycles. The summed E-state index contributed by atoms with van der Waals surface area (Å²) in [6.45, 7) is 6.81. The van der Waals surface area contributed by atoms with Crippen LogP contribution in [0, 0.1) is 6.92 Å². The molecule has 0 spiro atoms. The van der Waals surface area contributed by atoms with Crippen molar-refractivity contribution in [3.8, 4) is 0 Å². The molecule has 1 N–H and O–H groups in total. The Balaban J connectivity index is 2.36. The van der Waals surface area contributed by atoms with Crippen molar-refractivity contribution >= 4 is 11.7 Å². The van der Waals surface area contributed by atoms with Gasteiger partial charge in [-0.2, -0.15) is 0 Å². The Morgan fingerprint density at radius 3 is 2.67 bits per heavy atom. The van der Waals surface area contributed by atoms with Crippen molar-refractivity contribution in [2.75, 3.05) is 31.2 Å². The predicted octanol–water partition coefficient (Wildman–Crippen LogP) is 2.02. The molecule has 0 radical (unpaired) electrons. The summed E-state index contributed by atoms with van der Waals surface area (Å²) in [6.07, 6.45) is 0. The Hall–Kier alpha value is -1.55. The fourth-order valence-corrected chi connectivity index (χ4v) is 2.23. The van der Waals surface area contributed by atoms with Crippen LogP contribution in [0.2, 0.25) is 0 Å². The van der Waals surface area contributed by atoms with Gasteiger partial charge in [0.25, 0.3) is 0 Å². The highest BCUT2D eigenvalue weighted by molar-refractivity contribution is 5.79. The smallest absolute Gasteiger partial charge is 0.310 e. The molecule has 4 nitrogen and oxygen atoms in total. The molecule has 1 aromatic rings. The largest absolute Gasteiger partial charge is 0.481 e. The van der Waals surface area contributed by atoms with Crippen LogP contribution in [0.15, 0.2) is 18.2 Å². The molecular formula is C14H19NO3. The van der Waals surface area contributed by atoms with Crippen LogP contribution in [0.3, 0.4) is 0 Å². The molecule has 0 aromatic heterocycles. The van der Waals surface area contributed by atoms with Gasteiger partial charge in [-0.3, -0.25) is 4.79 Å². The molecule has 1 atom stereocenters. The maximum Gasteiger partial charge on any atom is 0.310 e. The molecule has 1 heterocycles. The van der Waals surface area contributed by atoms with Crippen molar-refractivity contribution in [2.24, 2.45) is 0 Å². The van der Waals surface area contributed by atoms with Crippen molar-refractivity contribution in [3.63, 3.8) is 0 Å². The van der Waals surface area contributed by atoms with Crippen LogP contribution in [-0.2, 0) is 9.53 Å². The number of benzene rings is 1. The molecule has 1 aliphatic rings. The lowest BCUT2D eigenvalue weighted by molar-refractivity contribution is -0.138. The lowest BCUT2D eigenvalue weighted by Crippen LogP contribution is -2.37. The van der Waals surface area contributed by atoms with E-state index in [1.807, 2.05) is 19.1 Å². The van der Waals surface area contributed by atoms with Crippen LogP contribution in [0.4, 0.5) is 5.69 Å². The summed E-state index contributed by atoms with van der Waals surface area (Å²) >= 11 is 0. The van der Waals surface area contributed by atoms with Gasteiger partial charge in [0, 0.05) is 18.8 Å². The van der Waals surface area contributed by atoms with E-state index < -0.39 is 11.9 Å². The fourth-order valence-electron chi connectivity index (χ4n) is 2.23. The minimum atomic E-state index is -0.784. The van der Waals surface area contributed by atoms with Crippen LogP contribution in [0.25, 0.3) is 0 Å². The minimum Gasteiger partial charge on any atom is -0.481 e. The van der Waals surface area contributed by atoms with Crippen LogP contribution in [0.1, 0.15) is 24.0 Å². The molecule has 1 unspecified atom stereocenters. The Morgan fingerprint density at radius 2 is 2.06 bits per heavy atom. The summed E-state index contributed by atoms with van der Waals surface area (Å²) < 4.78 is 5.34. The zero-order valence-electron chi connectivity index (χ0n) is 10.8. The van der Waals surface area contributed by atoms with E-state index in [1.165, 1.54) is 0 Å². The van der Waals surface area contributed by atoms with Gasteiger partial charge < -0.3 is 14.7 Å². The van der Waals surface area contributed by atoms with Gasteiger partial charge in [0.1, 0.15) is 0 Å². The summed E-state index contributed by atoms with van der Waals surface area (Å²) in [6, 6.07) is 5.97. The molecule has 1 aromatic carbocycles. The Labute approximate surface area is 107 Å². The molecular weight excluding hydrogens is 230 g/mol. The fraction of sp³-hybridized carbons (Fsp3) is 0.500. The van der Waals surface area contributed by atoms with E-state index in [2.05, 4.69) is 11.0 Å². The van der Waals surface area contributed by atoms with Gasteiger partial charge in [-0.1, -0.05) is 12.1 Å². The number of carboxylic acids is 1. The molecule has 98 valence electrons. The maximum absolute atomic E-state index is 11.2. The van der Waals surface area contributed by atoms with Crippen LogP contribution in [0.5, 0.6) is 0 Å². The van der Waals surface area contributed by atoms with E-state index in [0.29, 0.717) is 13.2 Å².